The molecule has 2 aromatic rings. The van der Waals surface area contributed by atoms with Crippen molar-refractivity contribution >= 4 is 52.3 Å². The Hall–Kier alpha value is -1.20. The standard InChI is InChI=1S/C19H27FN5O4PS2/c1-6-11-14(29-30-31-9(4)10(5)32-30)12(20)18(28-11)25-7-21-13-15(25)22-19(24-17(13)27)23-16(26)8(2)3/h7-12,14,18H,6H2,1-5H3,(H2,22,23,24,26,27)/t9?,10?,11-,12+,14?,18-,30?/m1/s1. The lowest BCUT2D eigenvalue weighted by Crippen LogP contribution is -2.29. The van der Waals surface area contributed by atoms with E-state index in [4.69, 9.17) is 9.26 Å². The predicted octanol–water partition coefficient (Wildman–Crippen LogP) is 4.23. The molecule has 2 saturated heterocycles. The van der Waals surface area contributed by atoms with Crippen LogP contribution in [0.25, 0.3) is 11.2 Å². The van der Waals surface area contributed by atoms with Crippen LogP contribution in [0.3, 0.4) is 0 Å². The molecule has 2 fully saturated rings. The minimum Gasteiger partial charge on any atom is -0.349 e. The molecular weight excluding hydrogens is 476 g/mol. The van der Waals surface area contributed by atoms with E-state index in [9.17, 15) is 9.59 Å². The average molecular weight is 504 g/mol. The fourth-order valence-electron chi connectivity index (χ4n) is 3.42. The molecule has 0 bridgehead atoms. The Bertz CT molecular complexity index is 1040. The Kier molecular flexibility index (Phi) is 7.17. The zero-order valence-electron chi connectivity index (χ0n) is 18.4. The molecule has 4 rings (SSSR count). The van der Waals surface area contributed by atoms with Crippen molar-refractivity contribution in [3.8, 4) is 0 Å². The number of rotatable bonds is 6. The van der Waals surface area contributed by atoms with Gasteiger partial charge in [-0.05, 0) is 6.42 Å². The summed E-state index contributed by atoms with van der Waals surface area (Å²) in [4.78, 5) is 35.4. The van der Waals surface area contributed by atoms with E-state index in [1.807, 2.05) is 6.92 Å². The van der Waals surface area contributed by atoms with Crippen LogP contribution in [-0.4, -0.2) is 54.3 Å². The van der Waals surface area contributed by atoms with Gasteiger partial charge in [0.25, 0.3) is 5.56 Å². The second-order valence-electron chi connectivity index (χ2n) is 8.21. The van der Waals surface area contributed by atoms with Crippen molar-refractivity contribution in [1.82, 2.24) is 19.5 Å². The number of aromatic amines is 1. The number of H-pyrrole nitrogens is 1. The SMILES string of the molecule is CC[C@H]1O[C@@H](n2cnc3c(=O)[nH]c(NC(=O)C(C)C)nc32)[C@@H](F)C1OP1SC(C)C(C)S1. The smallest absolute Gasteiger partial charge is 0.280 e. The Balaban J connectivity index is 1.61. The van der Waals surface area contributed by atoms with Crippen LogP contribution in [0.4, 0.5) is 10.3 Å². The summed E-state index contributed by atoms with van der Waals surface area (Å²) in [6.07, 6.45) is -1.69. The zero-order chi connectivity index (χ0) is 23.2. The first-order chi connectivity index (χ1) is 15.2. The minimum absolute atomic E-state index is 0.0126. The number of amides is 1. The number of ether oxygens (including phenoxy) is 1. The van der Waals surface area contributed by atoms with Crippen molar-refractivity contribution in [3.05, 3.63) is 16.7 Å². The maximum Gasteiger partial charge on any atom is 0.280 e. The van der Waals surface area contributed by atoms with E-state index in [0.717, 1.165) is 0 Å². The van der Waals surface area contributed by atoms with Crippen LogP contribution < -0.4 is 10.9 Å². The van der Waals surface area contributed by atoms with Crippen LogP contribution in [0, 0.1) is 5.92 Å². The Morgan fingerprint density at radius 1 is 1.41 bits per heavy atom. The van der Waals surface area contributed by atoms with Crippen molar-refractivity contribution in [3.63, 3.8) is 0 Å². The monoisotopic (exact) mass is 503 g/mol. The average Bonchev–Trinajstić information content (AvgIpc) is 3.38. The fourth-order valence-corrected chi connectivity index (χ4v) is 12.4. The van der Waals surface area contributed by atoms with Gasteiger partial charge in [0.1, 0.15) is 6.10 Å². The lowest BCUT2D eigenvalue weighted by molar-refractivity contribution is -0.118. The van der Waals surface area contributed by atoms with Crippen LogP contribution in [0.1, 0.15) is 47.3 Å². The van der Waals surface area contributed by atoms with Crippen LogP contribution in [0.2, 0.25) is 0 Å². The molecule has 1 amide bonds. The van der Waals surface area contributed by atoms with E-state index in [1.54, 1.807) is 36.6 Å². The molecule has 9 nitrogen and oxygen atoms in total. The quantitative estimate of drug-likeness (QED) is 0.564. The molecule has 6 atom stereocenters. The number of aromatic nitrogens is 4. The molecule has 0 radical (unpaired) electrons. The number of halogens is 1. The number of hydrogen-bond acceptors (Lipinski definition) is 8. The number of anilines is 1. The molecular formula is C19H27FN5O4PS2. The summed E-state index contributed by atoms with van der Waals surface area (Å²) in [5.41, 5.74) is -0.325. The van der Waals surface area contributed by atoms with Crippen molar-refractivity contribution < 1.29 is 18.4 Å². The number of hydrogen-bond donors (Lipinski definition) is 2. The molecule has 176 valence electrons. The molecule has 2 N–H and O–H groups in total. The third-order valence-electron chi connectivity index (χ3n) is 5.52. The van der Waals surface area contributed by atoms with Crippen molar-refractivity contribution in [2.75, 3.05) is 5.32 Å². The minimum atomic E-state index is -1.46. The largest absolute Gasteiger partial charge is 0.349 e. The number of nitrogens with one attached hydrogen (secondary N) is 2. The van der Waals surface area contributed by atoms with E-state index in [-0.39, 0.29) is 28.9 Å². The molecule has 0 spiro atoms. The number of carbonyl (C=O) groups excluding carboxylic acids is 1. The van der Waals surface area contributed by atoms with E-state index >= 15 is 4.39 Å². The summed E-state index contributed by atoms with van der Waals surface area (Å²) in [5.74, 6) is -0.603. The summed E-state index contributed by atoms with van der Waals surface area (Å²) in [5, 5.41) is 3.48. The third-order valence-corrected chi connectivity index (χ3v) is 13.0. The van der Waals surface area contributed by atoms with Crippen LogP contribution in [0.5, 0.6) is 0 Å². The number of alkyl halides is 1. The molecule has 4 heterocycles. The first-order valence-electron chi connectivity index (χ1n) is 10.6. The first kappa shape index (κ1) is 23.9. The molecule has 2 aliphatic rings. The zero-order valence-corrected chi connectivity index (χ0v) is 21.0. The van der Waals surface area contributed by atoms with Crippen molar-refractivity contribution in [2.24, 2.45) is 5.92 Å². The van der Waals surface area contributed by atoms with Gasteiger partial charge in [-0.2, -0.15) is 4.98 Å². The van der Waals surface area contributed by atoms with Gasteiger partial charge in [-0.15, -0.1) is 0 Å². The topological polar surface area (TPSA) is 111 Å². The summed E-state index contributed by atoms with van der Waals surface area (Å²) in [6, 6.07) is 0. The van der Waals surface area contributed by atoms with Crippen LogP contribution in [-0.2, 0) is 14.1 Å². The van der Waals surface area contributed by atoms with E-state index in [0.29, 0.717) is 16.9 Å². The van der Waals surface area contributed by atoms with Gasteiger partial charge in [0, 0.05) is 16.4 Å². The summed E-state index contributed by atoms with van der Waals surface area (Å²) < 4.78 is 29.3. The number of fused-ring (bicyclic) bond motifs is 1. The molecule has 0 saturated carbocycles. The van der Waals surface area contributed by atoms with E-state index in [2.05, 4.69) is 34.1 Å². The summed E-state index contributed by atoms with van der Waals surface area (Å²) in [6.45, 7) is 8.83. The van der Waals surface area contributed by atoms with Crippen molar-refractivity contribution in [1.29, 1.82) is 0 Å². The third kappa shape index (κ3) is 4.57. The predicted molar refractivity (Wildman–Crippen MR) is 127 cm³/mol. The van der Waals surface area contributed by atoms with E-state index in [1.165, 1.54) is 10.9 Å². The Morgan fingerprint density at radius 3 is 2.72 bits per heavy atom. The molecule has 2 aliphatic heterocycles. The van der Waals surface area contributed by atoms with Crippen molar-refractivity contribution in [2.45, 2.75) is 76.1 Å². The van der Waals surface area contributed by atoms with Gasteiger partial charge in [-0.1, -0.05) is 57.4 Å². The van der Waals surface area contributed by atoms with Gasteiger partial charge in [-0.25, -0.2) is 9.37 Å². The maximum absolute atomic E-state index is 15.7. The number of carbonyl (C=O) groups is 1. The Morgan fingerprint density at radius 2 is 2.09 bits per heavy atom. The fraction of sp³-hybridized carbons (Fsp3) is 0.684. The second-order valence-corrected chi connectivity index (χ2v) is 14.7. The number of nitrogens with zero attached hydrogens (tertiary/aromatic N) is 3. The highest BCUT2D eigenvalue weighted by atomic mass is 33.1. The highest BCUT2D eigenvalue weighted by Crippen LogP contribution is 2.72. The molecule has 0 aromatic carbocycles. The van der Waals surface area contributed by atoms with E-state index < -0.39 is 36.7 Å². The number of imidazole rings is 1. The Labute approximate surface area is 194 Å². The highest BCUT2D eigenvalue weighted by Gasteiger charge is 2.49. The normalized spacial score (nSPS) is 32.8. The van der Waals surface area contributed by atoms with Crippen LogP contribution in [0.15, 0.2) is 11.1 Å². The van der Waals surface area contributed by atoms with Gasteiger partial charge < -0.3 is 9.26 Å². The van der Waals surface area contributed by atoms with Gasteiger partial charge in [0.15, 0.2) is 30.1 Å². The highest BCUT2D eigenvalue weighted by molar-refractivity contribution is 8.88. The summed E-state index contributed by atoms with van der Waals surface area (Å²) >= 11 is 3.51. The van der Waals surface area contributed by atoms with Crippen LogP contribution >= 0.6 is 29.3 Å². The maximum atomic E-state index is 15.7. The van der Waals surface area contributed by atoms with Gasteiger partial charge in [0.05, 0.1) is 12.4 Å². The molecule has 2 aromatic heterocycles. The first-order valence-corrected chi connectivity index (χ1v) is 14.8. The second kappa shape index (κ2) is 9.58. The lowest BCUT2D eigenvalue weighted by atomic mass is 10.1. The molecule has 32 heavy (non-hydrogen) atoms. The van der Waals surface area contributed by atoms with Gasteiger partial charge >= 0.3 is 0 Å². The van der Waals surface area contributed by atoms with Gasteiger partial charge in [0.2, 0.25) is 11.9 Å². The summed E-state index contributed by atoms with van der Waals surface area (Å²) in [7, 11) is 0. The molecule has 13 heteroatoms. The lowest BCUT2D eigenvalue weighted by Gasteiger charge is -2.21. The van der Waals surface area contributed by atoms with Gasteiger partial charge in [-0.3, -0.25) is 24.5 Å². The molecule has 3 unspecified atom stereocenters. The molecule has 0 aliphatic carbocycles.